The molecule has 1 aromatic carbocycles. The molecule has 116 valence electrons. The van der Waals surface area contributed by atoms with Crippen LogP contribution >= 0.6 is 0 Å². The summed E-state index contributed by atoms with van der Waals surface area (Å²) < 4.78 is 27.4. The van der Waals surface area contributed by atoms with E-state index >= 15 is 0 Å². The molecule has 5 nitrogen and oxygen atoms in total. The van der Waals surface area contributed by atoms with E-state index in [4.69, 9.17) is 0 Å². The van der Waals surface area contributed by atoms with E-state index in [1.165, 1.54) is 0 Å². The second-order valence-electron chi connectivity index (χ2n) is 5.62. The van der Waals surface area contributed by atoms with Crippen molar-refractivity contribution < 1.29 is 18.3 Å². The van der Waals surface area contributed by atoms with Crippen molar-refractivity contribution in [3.63, 3.8) is 0 Å². The van der Waals surface area contributed by atoms with Crippen molar-refractivity contribution in [3.8, 4) is 0 Å². The van der Waals surface area contributed by atoms with Crippen LogP contribution in [0.2, 0.25) is 0 Å². The lowest BCUT2D eigenvalue weighted by Gasteiger charge is -2.22. The third kappa shape index (κ3) is 4.04. The molecule has 1 fully saturated rings. The summed E-state index contributed by atoms with van der Waals surface area (Å²) in [7, 11) is -3.67. The monoisotopic (exact) mass is 311 g/mol. The second kappa shape index (κ2) is 6.58. The fourth-order valence-electron chi connectivity index (χ4n) is 2.73. The van der Waals surface area contributed by atoms with Gasteiger partial charge in [0.1, 0.15) is 0 Å². The standard InChI is InChI=1S/C15H21NO4S/c1-11-7-9-12(10-8-11)21(19,20)16-14-6-4-2-3-5-13(14)15(17)18/h7-10,13-14,16H,2-6H2,1H3,(H,17,18). The first-order chi connectivity index (χ1) is 9.90. The Hall–Kier alpha value is -1.40. The van der Waals surface area contributed by atoms with Gasteiger partial charge in [-0.3, -0.25) is 4.79 Å². The zero-order valence-electron chi connectivity index (χ0n) is 12.1. The Kier molecular flexibility index (Phi) is 5.00. The lowest BCUT2D eigenvalue weighted by Crippen LogP contribution is -2.42. The van der Waals surface area contributed by atoms with E-state index in [1.807, 2.05) is 6.92 Å². The Morgan fingerprint density at radius 3 is 2.38 bits per heavy atom. The van der Waals surface area contributed by atoms with Crippen LogP contribution in [0.15, 0.2) is 29.2 Å². The van der Waals surface area contributed by atoms with Gasteiger partial charge in [0.15, 0.2) is 0 Å². The molecule has 1 aliphatic rings. The number of sulfonamides is 1. The predicted molar refractivity (Wildman–Crippen MR) is 79.5 cm³/mol. The zero-order valence-corrected chi connectivity index (χ0v) is 12.9. The molecule has 1 aromatic rings. The van der Waals surface area contributed by atoms with Gasteiger partial charge in [-0.1, -0.05) is 37.0 Å². The highest BCUT2D eigenvalue weighted by Crippen LogP contribution is 2.25. The normalized spacial score (nSPS) is 23.5. The molecule has 0 amide bonds. The average molecular weight is 311 g/mol. The third-order valence-corrected chi connectivity index (χ3v) is 5.48. The third-order valence-electron chi connectivity index (χ3n) is 3.97. The van der Waals surface area contributed by atoms with Crippen LogP contribution in [-0.2, 0) is 14.8 Å². The van der Waals surface area contributed by atoms with Crippen LogP contribution in [0.5, 0.6) is 0 Å². The van der Waals surface area contributed by atoms with E-state index in [0.717, 1.165) is 24.8 Å². The van der Waals surface area contributed by atoms with Gasteiger partial charge in [0, 0.05) is 6.04 Å². The van der Waals surface area contributed by atoms with Crippen molar-refractivity contribution in [2.45, 2.75) is 50.0 Å². The summed E-state index contributed by atoms with van der Waals surface area (Å²) in [5, 5.41) is 9.30. The first-order valence-corrected chi connectivity index (χ1v) is 8.70. The molecule has 6 heteroatoms. The summed E-state index contributed by atoms with van der Waals surface area (Å²) in [5.41, 5.74) is 0.979. The molecule has 0 saturated heterocycles. The minimum atomic E-state index is -3.67. The van der Waals surface area contributed by atoms with Crippen LogP contribution in [0, 0.1) is 12.8 Å². The lowest BCUT2D eigenvalue weighted by atomic mass is 9.96. The van der Waals surface area contributed by atoms with Crippen molar-refractivity contribution >= 4 is 16.0 Å². The van der Waals surface area contributed by atoms with Gasteiger partial charge >= 0.3 is 5.97 Å². The minimum Gasteiger partial charge on any atom is -0.481 e. The highest BCUT2D eigenvalue weighted by atomic mass is 32.2. The van der Waals surface area contributed by atoms with Gasteiger partial charge in [0.2, 0.25) is 10.0 Å². The van der Waals surface area contributed by atoms with E-state index in [9.17, 15) is 18.3 Å². The molecule has 0 bridgehead atoms. The van der Waals surface area contributed by atoms with Crippen LogP contribution in [0.4, 0.5) is 0 Å². The largest absolute Gasteiger partial charge is 0.481 e. The van der Waals surface area contributed by atoms with E-state index < -0.39 is 28.0 Å². The molecule has 0 heterocycles. The molecule has 0 aromatic heterocycles. The van der Waals surface area contributed by atoms with Crippen LogP contribution in [0.25, 0.3) is 0 Å². The van der Waals surface area contributed by atoms with Crippen molar-refractivity contribution in [2.24, 2.45) is 5.92 Å². The van der Waals surface area contributed by atoms with Gasteiger partial charge in [-0.2, -0.15) is 0 Å². The van der Waals surface area contributed by atoms with Crippen molar-refractivity contribution in [3.05, 3.63) is 29.8 Å². The predicted octanol–water partition coefficient (Wildman–Crippen LogP) is 2.31. The minimum absolute atomic E-state index is 0.182. The zero-order chi connectivity index (χ0) is 15.5. The van der Waals surface area contributed by atoms with E-state index in [-0.39, 0.29) is 4.90 Å². The van der Waals surface area contributed by atoms with Gasteiger partial charge in [0.25, 0.3) is 0 Å². The molecule has 2 N–H and O–H groups in total. The summed E-state index contributed by atoms with van der Waals surface area (Å²) in [5.74, 6) is -1.57. The quantitative estimate of drug-likeness (QED) is 0.836. The molecule has 1 aliphatic carbocycles. The Bertz CT molecular complexity index is 595. The average Bonchev–Trinajstić information content (AvgIpc) is 2.64. The van der Waals surface area contributed by atoms with Crippen LogP contribution in [0.3, 0.4) is 0 Å². The van der Waals surface area contributed by atoms with Crippen LogP contribution in [0.1, 0.15) is 37.7 Å². The Morgan fingerprint density at radius 2 is 1.76 bits per heavy atom. The van der Waals surface area contributed by atoms with E-state index in [0.29, 0.717) is 12.8 Å². The van der Waals surface area contributed by atoms with Gasteiger partial charge < -0.3 is 5.11 Å². The summed E-state index contributed by atoms with van der Waals surface area (Å²) in [4.78, 5) is 11.5. The maximum Gasteiger partial charge on any atom is 0.308 e. The Balaban J connectivity index is 2.20. The first kappa shape index (κ1) is 16.0. The smallest absolute Gasteiger partial charge is 0.308 e. The number of rotatable bonds is 4. The van der Waals surface area contributed by atoms with Crippen molar-refractivity contribution in [2.75, 3.05) is 0 Å². The molecular weight excluding hydrogens is 290 g/mol. The lowest BCUT2D eigenvalue weighted by molar-refractivity contribution is -0.142. The number of nitrogens with one attached hydrogen (secondary N) is 1. The summed E-state index contributed by atoms with van der Waals surface area (Å²) >= 11 is 0. The summed E-state index contributed by atoms with van der Waals surface area (Å²) in [6.07, 6.45) is 3.73. The highest BCUT2D eigenvalue weighted by Gasteiger charge is 2.32. The van der Waals surface area contributed by atoms with Gasteiger partial charge in [-0.05, 0) is 31.9 Å². The van der Waals surface area contributed by atoms with Crippen molar-refractivity contribution in [1.29, 1.82) is 0 Å². The molecule has 21 heavy (non-hydrogen) atoms. The fraction of sp³-hybridized carbons (Fsp3) is 0.533. The number of aryl methyl sites for hydroxylation is 1. The molecular formula is C15H21NO4S. The molecule has 0 aliphatic heterocycles. The maximum atomic E-state index is 12.4. The van der Waals surface area contributed by atoms with Gasteiger partial charge in [0.05, 0.1) is 10.8 Å². The number of hydrogen-bond donors (Lipinski definition) is 2. The van der Waals surface area contributed by atoms with Crippen molar-refractivity contribution in [1.82, 2.24) is 4.72 Å². The number of hydrogen-bond acceptors (Lipinski definition) is 3. The number of carbonyl (C=O) groups is 1. The molecule has 2 atom stereocenters. The molecule has 0 radical (unpaired) electrons. The number of carboxylic acid groups (broad SMARTS) is 1. The maximum absolute atomic E-state index is 12.4. The second-order valence-corrected chi connectivity index (χ2v) is 7.34. The molecule has 2 unspecified atom stereocenters. The SMILES string of the molecule is Cc1ccc(S(=O)(=O)NC2CCCCCC2C(=O)O)cc1. The van der Waals surface area contributed by atoms with Gasteiger partial charge in [-0.15, -0.1) is 0 Å². The molecule has 0 spiro atoms. The Morgan fingerprint density at radius 1 is 1.14 bits per heavy atom. The van der Waals surface area contributed by atoms with Crippen LogP contribution < -0.4 is 4.72 Å². The summed E-state index contributed by atoms with van der Waals surface area (Å²) in [6.45, 7) is 1.88. The summed E-state index contributed by atoms with van der Waals surface area (Å²) in [6, 6.07) is 6.03. The number of carboxylic acids is 1. The number of benzene rings is 1. The first-order valence-electron chi connectivity index (χ1n) is 7.22. The molecule has 1 saturated carbocycles. The number of aliphatic carboxylic acids is 1. The Labute approximate surface area is 125 Å². The van der Waals surface area contributed by atoms with Crippen LogP contribution in [-0.4, -0.2) is 25.5 Å². The van der Waals surface area contributed by atoms with Gasteiger partial charge in [-0.25, -0.2) is 13.1 Å². The fourth-order valence-corrected chi connectivity index (χ4v) is 4.04. The molecule has 2 rings (SSSR count). The topological polar surface area (TPSA) is 83.5 Å². The highest BCUT2D eigenvalue weighted by molar-refractivity contribution is 7.89. The van der Waals surface area contributed by atoms with E-state index in [1.54, 1.807) is 24.3 Å². The van der Waals surface area contributed by atoms with E-state index in [2.05, 4.69) is 4.72 Å².